The van der Waals surface area contributed by atoms with Crippen LogP contribution in [0.25, 0.3) is 0 Å². The van der Waals surface area contributed by atoms with Crippen LogP contribution in [0.5, 0.6) is 11.5 Å². The van der Waals surface area contributed by atoms with Crippen molar-refractivity contribution >= 4 is 24.1 Å². The van der Waals surface area contributed by atoms with Crippen molar-refractivity contribution in [2.24, 2.45) is 4.99 Å². The predicted octanol–water partition coefficient (Wildman–Crippen LogP) is 4.33. The summed E-state index contributed by atoms with van der Waals surface area (Å²) in [7, 11) is 3.56. The molecule has 2 unspecified atom stereocenters. The van der Waals surface area contributed by atoms with Crippen molar-refractivity contribution in [1.82, 2.24) is 4.90 Å². The highest BCUT2D eigenvalue weighted by atomic mass is 35.5. The Labute approximate surface area is 196 Å². The molecular formula is C25H31ClN2O4. The van der Waals surface area contributed by atoms with E-state index in [2.05, 4.69) is 24.1 Å². The quantitative estimate of drug-likeness (QED) is 0.603. The summed E-state index contributed by atoms with van der Waals surface area (Å²) in [5.74, 6) is 1.51. The highest BCUT2D eigenvalue weighted by Gasteiger charge is 2.36. The summed E-state index contributed by atoms with van der Waals surface area (Å²) in [6, 6.07) is 11.9. The lowest BCUT2D eigenvalue weighted by Gasteiger charge is -2.39. The molecule has 0 radical (unpaired) electrons. The van der Waals surface area contributed by atoms with Gasteiger partial charge in [0, 0.05) is 23.6 Å². The van der Waals surface area contributed by atoms with Gasteiger partial charge in [0.15, 0.2) is 11.5 Å². The molecular weight excluding hydrogens is 428 g/mol. The molecule has 0 bridgehead atoms. The van der Waals surface area contributed by atoms with Gasteiger partial charge in [0.2, 0.25) is 0 Å². The number of aliphatic imine (C=N–C) groups is 1. The third-order valence-corrected chi connectivity index (χ3v) is 6.02. The van der Waals surface area contributed by atoms with E-state index in [1.807, 2.05) is 26.0 Å². The van der Waals surface area contributed by atoms with Crippen LogP contribution in [0.3, 0.4) is 0 Å². The van der Waals surface area contributed by atoms with E-state index in [0.29, 0.717) is 24.7 Å². The zero-order valence-electron chi connectivity index (χ0n) is 19.1. The number of halogens is 1. The van der Waals surface area contributed by atoms with E-state index >= 15 is 0 Å². The zero-order valence-corrected chi connectivity index (χ0v) is 19.9. The number of benzene rings is 2. The van der Waals surface area contributed by atoms with Crippen LogP contribution in [0.4, 0.5) is 0 Å². The average Bonchev–Trinajstić information content (AvgIpc) is 2.79. The normalized spacial score (nSPS) is 19.7. The number of likely N-dealkylation sites (tertiary alicyclic amines) is 1. The van der Waals surface area contributed by atoms with Gasteiger partial charge in [-0.05, 0) is 63.7 Å². The monoisotopic (exact) mass is 458 g/mol. The van der Waals surface area contributed by atoms with Gasteiger partial charge in [-0.25, -0.2) is 4.79 Å². The lowest BCUT2D eigenvalue weighted by Crippen LogP contribution is -2.41. The lowest BCUT2D eigenvalue weighted by molar-refractivity contribution is 0.0600. The fourth-order valence-electron chi connectivity index (χ4n) is 4.53. The Morgan fingerprint density at radius 2 is 1.75 bits per heavy atom. The number of likely N-dealkylation sites (N-methyl/N-ethyl adjacent to an activating group) is 1. The molecule has 2 atom stereocenters. The van der Waals surface area contributed by atoms with Crippen molar-refractivity contribution < 1.29 is 19.0 Å². The van der Waals surface area contributed by atoms with Gasteiger partial charge in [-0.3, -0.25) is 4.99 Å². The molecule has 2 aliphatic rings. The van der Waals surface area contributed by atoms with Gasteiger partial charge < -0.3 is 19.1 Å². The van der Waals surface area contributed by atoms with Crippen molar-refractivity contribution in [1.29, 1.82) is 0 Å². The molecule has 2 aromatic rings. The Kier molecular flexibility index (Phi) is 7.80. The Bertz CT molecular complexity index is 990. The molecule has 1 fully saturated rings. The third kappa shape index (κ3) is 4.62. The van der Waals surface area contributed by atoms with E-state index in [9.17, 15) is 4.79 Å². The van der Waals surface area contributed by atoms with Crippen LogP contribution < -0.4 is 9.47 Å². The summed E-state index contributed by atoms with van der Waals surface area (Å²) in [6.07, 6.45) is 1.02. The standard InChI is InChI=1S/C25H30N2O4.ClH/c1-5-30-22-13-18-19(14-23(22)31-6-2)24(26-21-11-12-27(3)15-20(18)21)16-7-9-17(10-8-16)25(28)29-4;/h7-10,13-14,20-21H,5-6,11-12,15H2,1-4H3;1H. The Balaban J connectivity index is 0.00000289. The summed E-state index contributed by atoms with van der Waals surface area (Å²) >= 11 is 0. The van der Waals surface area contributed by atoms with E-state index in [1.165, 1.54) is 12.7 Å². The molecule has 4 rings (SSSR count). The van der Waals surface area contributed by atoms with E-state index < -0.39 is 0 Å². The number of hydrogen-bond donors (Lipinski definition) is 0. The van der Waals surface area contributed by atoms with Crippen LogP contribution in [-0.4, -0.2) is 63.1 Å². The van der Waals surface area contributed by atoms with Crippen molar-refractivity contribution in [3.05, 3.63) is 58.7 Å². The molecule has 0 spiro atoms. The third-order valence-electron chi connectivity index (χ3n) is 6.02. The smallest absolute Gasteiger partial charge is 0.337 e. The van der Waals surface area contributed by atoms with Gasteiger partial charge in [0.1, 0.15) is 0 Å². The van der Waals surface area contributed by atoms with Crippen molar-refractivity contribution in [2.75, 3.05) is 40.5 Å². The second-order valence-corrected chi connectivity index (χ2v) is 8.02. The molecule has 0 saturated carbocycles. The number of nitrogens with zero attached hydrogens (tertiary/aromatic N) is 2. The molecule has 2 aliphatic heterocycles. The minimum absolute atomic E-state index is 0. The number of ether oxygens (including phenoxy) is 3. The highest BCUT2D eigenvalue weighted by molar-refractivity contribution is 6.15. The molecule has 2 heterocycles. The molecule has 32 heavy (non-hydrogen) atoms. The Morgan fingerprint density at radius 1 is 1.09 bits per heavy atom. The van der Waals surface area contributed by atoms with E-state index in [1.54, 1.807) is 12.1 Å². The van der Waals surface area contributed by atoms with Gasteiger partial charge in [0.25, 0.3) is 0 Å². The first-order chi connectivity index (χ1) is 15.0. The average molecular weight is 459 g/mol. The fourth-order valence-corrected chi connectivity index (χ4v) is 4.53. The zero-order chi connectivity index (χ0) is 22.0. The molecule has 1 saturated heterocycles. The van der Waals surface area contributed by atoms with Gasteiger partial charge in [-0.2, -0.15) is 0 Å². The first-order valence-electron chi connectivity index (χ1n) is 10.9. The van der Waals surface area contributed by atoms with E-state index in [-0.39, 0.29) is 24.4 Å². The van der Waals surface area contributed by atoms with Crippen molar-refractivity contribution in [3.63, 3.8) is 0 Å². The van der Waals surface area contributed by atoms with Gasteiger partial charge >= 0.3 is 5.97 Å². The SMILES string of the molecule is CCOc1cc2c(cc1OCC)C1CN(C)CCC1N=C2c1ccc(C(=O)OC)cc1.Cl. The van der Waals surface area contributed by atoms with E-state index in [4.69, 9.17) is 19.2 Å². The molecule has 0 aliphatic carbocycles. The second kappa shape index (κ2) is 10.4. The first-order valence-corrected chi connectivity index (χ1v) is 10.9. The maximum atomic E-state index is 11.8. The van der Waals surface area contributed by atoms with Crippen LogP contribution in [0.2, 0.25) is 0 Å². The molecule has 2 aromatic carbocycles. The Hall–Kier alpha value is -2.57. The van der Waals surface area contributed by atoms with Crippen LogP contribution in [0, 0.1) is 0 Å². The number of methoxy groups -OCH3 is 1. The number of piperidine rings is 1. The number of fused-ring (bicyclic) bond motifs is 3. The van der Waals surface area contributed by atoms with Crippen molar-refractivity contribution in [3.8, 4) is 11.5 Å². The molecule has 172 valence electrons. The summed E-state index contributed by atoms with van der Waals surface area (Å²) in [5.41, 5.74) is 4.79. The summed E-state index contributed by atoms with van der Waals surface area (Å²) in [6.45, 7) is 7.11. The summed E-state index contributed by atoms with van der Waals surface area (Å²) < 4.78 is 16.7. The maximum absolute atomic E-state index is 11.8. The number of esters is 1. The van der Waals surface area contributed by atoms with Crippen LogP contribution in [0.15, 0.2) is 41.4 Å². The lowest BCUT2D eigenvalue weighted by atomic mass is 9.79. The maximum Gasteiger partial charge on any atom is 0.337 e. The number of hydrogen-bond acceptors (Lipinski definition) is 6. The van der Waals surface area contributed by atoms with Gasteiger partial charge in [-0.1, -0.05) is 12.1 Å². The Morgan fingerprint density at radius 3 is 2.38 bits per heavy atom. The van der Waals surface area contributed by atoms with Gasteiger partial charge in [-0.15, -0.1) is 12.4 Å². The number of carbonyl (C=O) groups excluding carboxylic acids is 1. The van der Waals surface area contributed by atoms with Gasteiger partial charge in [0.05, 0.1) is 37.6 Å². The highest BCUT2D eigenvalue weighted by Crippen LogP contribution is 2.42. The number of carbonyl (C=O) groups is 1. The minimum Gasteiger partial charge on any atom is -0.490 e. The second-order valence-electron chi connectivity index (χ2n) is 8.02. The largest absolute Gasteiger partial charge is 0.490 e. The fraction of sp³-hybridized carbons (Fsp3) is 0.440. The molecule has 7 heteroatoms. The van der Waals surface area contributed by atoms with E-state index in [0.717, 1.165) is 47.8 Å². The predicted molar refractivity (Wildman–Crippen MR) is 128 cm³/mol. The van der Waals surface area contributed by atoms with Crippen LogP contribution >= 0.6 is 12.4 Å². The van der Waals surface area contributed by atoms with Crippen LogP contribution in [-0.2, 0) is 4.74 Å². The molecule has 0 amide bonds. The minimum atomic E-state index is -0.340. The summed E-state index contributed by atoms with van der Waals surface area (Å²) in [4.78, 5) is 19.4. The van der Waals surface area contributed by atoms with Crippen LogP contribution in [0.1, 0.15) is 53.2 Å². The number of rotatable bonds is 6. The van der Waals surface area contributed by atoms with Crippen molar-refractivity contribution in [2.45, 2.75) is 32.2 Å². The topological polar surface area (TPSA) is 60.4 Å². The molecule has 6 nitrogen and oxygen atoms in total. The molecule has 0 N–H and O–H groups in total. The summed E-state index contributed by atoms with van der Waals surface area (Å²) in [5, 5.41) is 0. The molecule has 0 aromatic heterocycles. The first kappa shape index (κ1) is 24.1.